The summed E-state index contributed by atoms with van der Waals surface area (Å²) in [6.07, 6.45) is 8.89. The molecule has 1 N–H and O–H groups in total. The van der Waals surface area contributed by atoms with E-state index in [0.717, 1.165) is 12.8 Å². The second-order valence-electron chi connectivity index (χ2n) is 7.99. The molecule has 158 valence electrons. The first-order valence-electron chi connectivity index (χ1n) is 10.4. The van der Waals surface area contributed by atoms with Crippen LogP contribution in [0.5, 0.6) is 0 Å². The molecule has 7 heteroatoms. The second kappa shape index (κ2) is 8.05. The summed E-state index contributed by atoms with van der Waals surface area (Å²) in [5.41, 5.74) is 0.980. The zero-order valence-electron chi connectivity index (χ0n) is 17.2. The van der Waals surface area contributed by atoms with Gasteiger partial charge in [0.2, 0.25) is 5.43 Å². The van der Waals surface area contributed by atoms with Crippen LogP contribution in [-0.2, 0) is 9.53 Å². The molecule has 2 aromatic rings. The lowest BCUT2D eigenvalue weighted by atomic mass is 10.0. The number of ether oxygens (including phenoxy) is 1. The van der Waals surface area contributed by atoms with E-state index >= 15 is 4.39 Å². The average Bonchev–Trinajstić information content (AvgIpc) is 3.54. The number of nitrogens with zero attached hydrogens (tertiary/aromatic N) is 1. The van der Waals surface area contributed by atoms with Crippen LogP contribution < -0.4 is 10.7 Å². The van der Waals surface area contributed by atoms with Gasteiger partial charge in [0.1, 0.15) is 17.2 Å². The van der Waals surface area contributed by atoms with Gasteiger partial charge in [0.25, 0.3) is 0 Å². The highest BCUT2D eigenvalue weighted by atomic mass is 19.1. The normalized spacial score (nSPS) is 17.9. The molecule has 4 rings (SSSR count). The number of carbonyl (C=O) groups excluding carboxylic acids is 2. The van der Waals surface area contributed by atoms with E-state index in [9.17, 15) is 14.4 Å². The number of halogens is 1. The Bertz CT molecular complexity index is 1110. The van der Waals surface area contributed by atoms with Crippen LogP contribution in [0.4, 0.5) is 10.1 Å². The maximum Gasteiger partial charge on any atom is 0.343 e. The molecule has 30 heavy (non-hydrogen) atoms. The van der Waals surface area contributed by atoms with Crippen LogP contribution in [0.3, 0.4) is 0 Å². The van der Waals surface area contributed by atoms with Crippen molar-refractivity contribution in [2.75, 3.05) is 11.9 Å². The standard InChI is InChI=1S/C23H25FN2O4/c1-3-30-23(29)18-12-26(15-9-10-15)21-16-6-4-5-14(8-7-13(2)27)25-20(16)19(24)11-17(21)22(18)28/h4,6,11-12,14-15,25H,3,5,7-10H2,1-2H3/t14-/m1/s1. The number of fused-ring (bicyclic) bond motifs is 3. The van der Waals surface area contributed by atoms with Crippen LogP contribution in [0.15, 0.2) is 23.1 Å². The predicted octanol–water partition coefficient (Wildman–Crippen LogP) is 4.22. The number of carbonyl (C=O) groups is 2. The van der Waals surface area contributed by atoms with Gasteiger partial charge in [-0.15, -0.1) is 0 Å². The molecule has 1 fully saturated rings. The number of aromatic nitrogens is 1. The Balaban J connectivity index is 1.89. The van der Waals surface area contributed by atoms with E-state index in [1.165, 1.54) is 6.07 Å². The number of hydrogen-bond donors (Lipinski definition) is 1. The molecular formula is C23H25FN2O4. The van der Waals surface area contributed by atoms with Gasteiger partial charge < -0.3 is 19.4 Å². The fourth-order valence-corrected chi connectivity index (χ4v) is 4.00. The number of ketones is 1. The first-order chi connectivity index (χ1) is 14.4. The van der Waals surface area contributed by atoms with Crippen molar-refractivity contribution in [3.63, 3.8) is 0 Å². The van der Waals surface area contributed by atoms with Gasteiger partial charge in [0.15, 0.2) is 0 Å². The number of Topliss-reactive ketones (excluding diaryl/α,β-unsaturated/α-hetero) is 1. The summed E-state index contributed by atoms with van der Waals surface area (Å²) >= 11 is 0. The summed E-state index contributed by atoms with van der Waals surface area (Å²) in [7, 11) is 0. The molecule has 2 aliphatic rings. The van der Waals surface area contributed by atoms with E-state index in [-0.39, 0.29) is 35.4 Å². The van der Waals surface area contributed by atoms with Gasteiger partial charge in [-0.1, -0.05) is 12.2 Å². The van der Waals surface area contributed by atoms with E-state index in [0.29, 0.717) is 36.0 Å². The van der Waals surface area contributed by atoms with E-state index < -0.39 is 17.2 Å². The molecule has 1 aromatic heterocycles. The Morgan fingerprint density at radius 2 is 2.10 bits per heavy atom. The molecular weight excluding hydrogens is 387 g/mol. The maximum atomic E-state index is 15.1. The molecule has 0 bridgehead atoms. The largest absolute Gasteiger partial charge is 0.462 e. The number of benzene rings is 1. The highest BCUT2D eigenvalue weighted by Crippen LogP contribution is 2.40. The van der Waals surface area contributed by atoms with Gasteiger partial charge in [0.05, 0.1) is 23.2 Å². The Morgan fingerprint density at radius 3 is 2.77 bits per heavy atom. The number of rotatable bonds is 6. The molecule has 2 heterocycles. The van der Waals surface area contributed by atoms with Gasteiger partial charge in [-0.05, 0) is 45.6 Å². The number of pyridine rings is 1. The van der Waals surface area contributed by atoms with E-state index in [1.54, 1.807) is 20.0 Å². The van der Waals surface area contributed by atoms with Crippen molar-refractivity contribution >= 4 is 34.4 Å². The second-order valence-corrected chi connectivity index (χ2v) is 7.99. The third-order valence-electron chi connectivity index (χ3n) is 5.64. The fourth-order valence-electron chi connectivity index (χ4n) is 4.00. The zero-order chi connectivity index (χ0) is 21.4. The fraction of sp³-hybridized carbons (Fsp3) is 0.435. The van der Waals surface area contributed by atoms with Crippen molar-refractivity contribution in [1.29, 1.82) is 0 Å². The molecule has 0 saturated heterocycles. The van der Waals surface area contributed by atoms with E-state index in [4.69, 9.17) is 4.74 Å². The lowest BCUT2D eigenvalue weighted by Crippen LogP contribution is -2.23. The molecule has 1 aliphatic heterocycles. The molecule has 0 amide bonds. The monoisotopic (exact) mass is 412 g/mol. The molecule has 1 saturated carbocycles. The summed E-state index contributed by atoms with van der Waals surface area (Å²) in [5.74, 6) is -1.14. The Labute approximate surface area is 173 Å². The van der Waals surface area contributed by atoms with Crippen molar-refractivity contribution in [3.05, 3.63) is 45.5 Å². The van der Waals surface area contributed by atoms with Crippen molar-refractivity contribution in [3.8, 4) is 0 Å². The molecule has 1 aliphatic carbocycles. The van der Waals surface area contributed by atoms with Crippen molar-refractivity contribution in [2.24, 2.45) is 0 Å². The summed E-state index contributed by atoms with van der Waals surface area (Å²) in [6, 6.07) is 1.31. The Morgan fingerprint density at radius 1 is 1.33 bits per heavy atom. The van der Waals surface area contributed by atoms with Crippen molar-refractivity contribution in [2.45, 2.75) is 58.0 Å². The smallest absolute Gasteiger partial charge is 0.343 e. The Kier molecular flexibility index (Phi) is 5.45. The van der Waals surface area contributed by atoms with Crippen LogP contribution in [0, 0.1) is 5.82 Å². The summed E-state index contributed by atoms with van der Waals surface area (Å²) in [4.78, 5) is 36.7. The number of anilines is 1. The SMILES string of the molecule is CCOC(=O)c1cn(C2CC2)c2c3c(c(F)cc2c1=O)N[C@@H](CCC(C)=O)CC=C3. The average molecular weight is 412 g/mol. The summed E-state index contributed by atoms with van der Waals surface area (Å²) < 4.78 is 22.1. The maximum absolute atomic E-state index is 15.1. The third-order valence-corrected chi connectivity index (χ3v) is 5.64. The molecule has 6 nitrogen and oxygen atoms in total. The van der Waals surface area contributed by atoms with Crippen molar-refractivity contribution in [1.82, 2.24) is 4.57 Å². The van der Waals surface area contributed by atoms with Crippen molar-refractivity contribution < 1.29 is 18.7 Å². The highest BCUT2D eigenvalue weighted by molar-refractivity contribution is 5.99. The Hall–Kier alpha value is -2.96. The molecule has 1 aromatic carbocycles. The van der Waals surface area contributed by atoms with E-state index in [2.05, 4.69) is 5.32 Å². The third kappa shape index (κ3) is 3.76. The van der Waals surface area contributed by atoms with Gasteiger partial charge in [-0.3, -0.25) is 4.79 Å². The van der Waals surface area contributed by atoms with Crippen LogP contribution in [-0.4, -0.2) is 29.0 Å². The van der Waals surface area contributed by atoms with Crippen LogP contribution in [0.25, 0.3) is 17.0 Å². The first-order valence-corrected chi connectivity index (χ1v) is 10.4. The lowest BCUT2D eigenvalue weighted by Gasteiger charge is -2.21. The highest BCUT2D eigenvalue weighted by Gasteiger charge is 2.30. The van der Waals surface area contributed by atoms with Gasteiger partial charge in [-0.2, -0.15) is 0 Å². The van der Waals surface area contributed by atoms with Crippen LogP contribution >= 0.6 is 0 Å². The van der Waals surface area contributed by atoms with Gasteiger partial charge in [0, 0.05) is 30.3 Å². The molecule has 0 unspecified atom stereocenters. The van der Waals surface area contributed by atoms with Gasteiger partial charge in [-0.25, -0.2) is 9.18 Å². The lowest BCUT2D eigenvalue weighted by molar-refractivity contribution is -0.117. The molecule has 1 atom stereocenters. The minimum Gasteiger partial charge on any atom is -0.462 e. The predicted molar refractivity (Wildman–Crippen MR) is 113 cm³/mol. The van der Waals surface area contributed by atoms with E-state index in [1.807, 2.05) is 16.7 Å². The minimum atomic E-state index is -0.688. The van der Waals surface area contributed by atoms with Crippen LogP contribution in [0.1, 0.15) is 67.9 Å². The summed E-state index contributed by atoms with van der Waals surface area (Å²) in [6.45, 7) is 3.38. The number of nitrogens with one attached hydrogen (secondary N) is 1. The molecule has 0 spiro atoms. The summed E-state index contributed by atoms with van der Waals surface area (Å²) in [5, 5.41) is 3.42. The first kappa shape index (κ1) is 20.3. The molecule has 0 radical (unpaired) electrons. The zero-order valence-corrected chi connectivity index (χ0v) is 17.2. The topological polar surface area (TPSA) is 77.4 Å². The van der Waals surface area contributed by atoms with Crippen LogP contribution in [0.2, 0.25) is 0 Å². The number of esters is 1. The number of hydrogen-bond acceptors (Lipinski definition) is 5. The van der Waals surface area contributed by atoms with Gasteiger partial charge >= 0.3 is 5.97 Å². The minimum absolute atomic E-state index is 0.0690. The quantitative estimate of drug-likeness (QED) is 0.719.